The summed E-state index contributed by atoms with van der Waals surface area (Å²) in [5.74, 6) is -0.641. The fourth-order valence-electron chi connectivity index (χ4n) is 2.83. The number of carbonyl (C=O) groups excluding carboxylic acids is 2. The van der Waals surface area contributed by atoms with Crippen molar-refractivity contribution in [3.63, 3.8) is 0 Å². The van der Waals surface area contributed by atoms with Crippen molar-refractivity contribution in [1.82, 2.24) is 4.90 Å². The minimum atomic E-state index is -0.410. The largest absolute Gasteiger partial charge is 0.366 e. The summed E-state index contributed by atoms with van der Waals surface area (Å²) in [7, 11) is 0. The lowest BCUT2D eigenvalue weighted by Crippen LogP contribution is -2.48. The molecule has 2 aromatic rings. The summed E-state index contributed by atoms with van der Waals surface area (Å²) in [6.07, 6.45) is 3.30. The zero-order valence-electron chi connectivity index (χ0n) is 14.2. The van der Waals surface area contributed by atoms with Gasteiger partial charge in [0.2, 0.25) is 5.91 Å². The van der Waals surface area contributed by atoms with Crippen molar-refractivity contribution < 1.29 is 14.0 Å². The fourth-order valence-corrected chi connectivity index (χ4v) is 3.79. The number of piperazine rings is 1. The molecule has 0 aliphatic carbocycles. The summed E-state index contributed by atoms with van der Waals surface area (Å²) in [5.41, 5.74) is 0.824. The summed E-state index contributed by atoms with van der Waals surface area (Å²) in [6.45, 7) is 3.53. The molecule has 0 spiro atoms. The predicted molar refractivity (Wildman–Crippen MR) is 104 cm³/mol. The van der Waals surface area contributed by atoms with Crippen LogP contribution in [0, 0.1) is 5.82 Å². The number of Topliss-reactive ketones (excluding diaryl/α,β-unsaturated/α-hetero) is 1. The molecule has 7 heteroatoms. The number of thiophene rings is 1. The molecule has 0 radical (unpaired) electrons. The average Bonchev–Trinajstić information content (AvgIpc) is 3.05. The van der Waals surface area contributed by atoms with Crippen molar-refractivity contribution in [2.45, 2.75) is 6.92 Å². The van der Waals surface area contributed by atoms with Crippen LogP contribution >= 0.6 is 22.9 Å². The third kappa shape index (κ3) is 4.31. The topological polar surface area (TPSA) is 40.6 Å². The van der Waals surface area contributed by atoms with Crippen LogP contribution < -0.4 is 4.90 Å². The summed E-state index contributed by atoms with van der Waals surface area (Å²) >= 11 is 7.29. The van der Waals surface area contributed by atoms with Crippen LogP contribution in [0.3, 0.4) is 0 Å². The van der Waals surface area contributed by atoms with Gasteiger partial charge in [-0.15, -0.1) is 11.3 Å². The molecular weight excluding hydrogens is 375 g/mol. The van der Waals surface area contributed by atoms with Gasteiger partial charge in [-0.2, -0.15) is 0 Å². The normalized spacial score (nSPS) is 14.9. The van der Waals surface area contributed by atoms with Crippen molar-refractivity contribution in [1.29, 1.82) is 0 Å². The highest BCUT2D eigenvalue weighted by Crippen LogP contribution is 2.24. The molecule has 0 atom stereocenters. The number of benzene rings is 1. The molecule has 1 fully saturated rings. The Labute approximate surface area is 160 Å². The molecule has 0 saturated carbocycles. The maximum atomic E-state index is 14.3. The highest BCUT2D eigenvalue weighted by molar-refractivity contribution is 7.17. The van der Waals surface area contributed by atoms with E-state index in [-0.39, 0.29) is 11.7 Å². The summed E-state index contributed by atoms with van der Waals surface area (Å²) < 4.78 is 14.9. The molecule has 4 nitrogen and oxygen atoms in total. The highest BCUT2D eigenvalue weighted by atomic mass is 35.5. The van der Waals surface area contributed by atoms with E-state index >= 15 is 0 Å². The van der Waals surface area contributed by atoms with Crippen molar-refractivity contribution in [3.05, 3.63) is 57.0 Å². The van der Waals surface area contributed by atoms with Gasteiger partial charge in [0, 0.05) is 42.7 Å². The zero-order chi connectivity index (χ0) is 18.7. The summed E-state index contributed by atoms with van der Waals surface area (Å²) in [5, 5.41) is 0. The number of carbonyl (C=O) groups is 2. The van der Waals surface area contributed by atoms with E-state index in [2.05, 4.69) is 0 Å². The van der Waals surface area contributed by atoms with Crippen molar-refractivity contribution in [2.24, 2.45) is 0 Å². The van der Waals surface area contributed by atoms with Gasteiger partial charge in [-0.05, 0) is 43.3 Å². The van der Waals surface area contributed by atoms with Gasteiger partial charge in [0.05, 0.1) is 10.0 Å². The van der Waals surface area contributed by atoms with Gasteiger partial charge in [0.25, 0.3) is 0 Å². The first-order valence-electron chi connectivity index (χ1n) is 8.22. The number of hydrogen-bond donors (Lipinski definition) is 0. The Morgan fingerprint density at radius 3 is 2.46 bits per heavy atom. The number of rotatable bonds is 4. The second-order valence-corrected chi connectivity index (χ2v) is 7.76. The van der Waals surface area contributed by atoms with Gasteiger partial charge in [-0.3, -0.25) is 9.59 Å². The average molecular weight is 393 g/mol. The Bertz CT molecular complexity index is 857. The third-order valence-corrected chi connectivity index (χ3v) is 5.47. The SMILES string of the molecule is CC(=O)c1ccc(N2CCN(C(=O)/C=C/c3ccc(Cl)s3)CC2)c(F)c1. The Morgan fingerprint density at radius 2 is 1.88 bits per heavy atom. The molecule has 136 valence electrons. The van der Waals surface area contributed by atoms with E-state index in [1.54, 1.807) is 35.3 Å². The highest BCUT2D eigenvalue weighted by Gasteiger charge is 2.22. The lowest BCUT2D eigenvalue weighted by molar-refractivity contribution is -0.126. The molecule has 3 rings (SSSR count). The van der Waals surface area contributed by atoms with E-state index in [9.17, 15) is 14.0 Å². The smallest absolute Gasteiger partial charge is 0.246 e. The molecule has 0 N–H and O–H groups in total. The monoisotopic (exact) mass is 392 g/mol. The molecular formula is C19H18ClFN2O2S. The Balaban J connectivity index is 1.59. The van der Waals surface area contributed by atoms with Gasteiger partial charge < -0.3 is 9.80 Å². The van der Waals surface area contributed by atoms with Gasteiger partial charge in [0.15, 0.2) is 5.78 Å². The van der Waals surface area contributed by atoms with E-state index in [0.717, 1.165) is 4.88 Å². The number of ketones is 1. The molecule has 2 heterocycles. The Kier molecular flexibility index (Phi) is 5.74. The van der Waals surface area contributed by atoms with Crippen LogP contribution in [0.25, 0.3) is 6.08 Å². The van der Waals surface area contributed by atoms with Crippen LogP contribution in [-0.4, -0.2) is 42.8 Å². The van der Waals surface area contributed by atoms with Crippen LogP contribution in [-0.2, 0) is 4.79 Å². The standard InChI is InChI=1S/C19H18ClFN2O2S/c1-13(24)14-2-5-17(16(21)12-14)22-8-10-23(11-9-22)19(25)7-4-15-3-6-18(20)26-15/h2-7,12H,8-11H2,1H3/b7-4+. The third-order valence-electron chi connectivity index (χ3n) is 4.27. The van der Waals surface area contributed by atoms with Crippen LogP contribution in [0.5, 0.6) is 0 Å². The summed E-state index contributed by atoms with van der Waals surface area (Å²) in [6, 6.07) is 8.19. The second-order valence-electron chi connectivity index (χ2n) is 6.01. The number of anilines is 1. The van der Waals surface area contributed by atoms with Crippen molar-refractivity contribution in [3.8, 4) is 0 Å². The summed E-state index contributed by atoms with van der Waals surface area (Å²) in [4.78, 5) is 28.2. The molecule has 0 unspecified atom stereocenters. The van der Waals surface area contributed by atoms with E-state index < -0.39 is 5.82 Å². The number of hydrogen-bond acceptors (Lipinski definition) is 4. The molecule has 1 amide bonds. The lowest BCUT2D eigenvalue weighted by Gasteiger charge is -2.35. The number of halogens is 2. The van der Waals surface area contributed by atoms with Crippen LogP contribution in [0.4, 0.5) is 10.1 Å². The predicted octanol–water partition coefficient (Wildman–Crippen LogP) is 4.11. The minimum Gasteiger partial charge on any atom is -0.366 e. The first-order chi connectivity index (χ1) is 12.4. The van der Waals surface area contributed by atoms with Gasteiger partial charge in [0.1, 0.15) is 5.82 Å². The van der Waals surface area contributed by atoms with Crippen LogP contribution in [0.15, 0.2) is 36.4 Å². The molecule has 26 heavy (non-hydrogen) atoms. The van der Waals surface area contributed by atoms with E-state index in [1.165, 1.54) is 24.3 Å². The number of amides is 1. The fraction of sp³-hybridized carbons (Fsp3) is 0.263. The number of nitrogens with zero attached hydrogens (tertiary/aromatic N) is 2. The first kappa shape index (κ1) is 18.6. The maximum absolute atomic E-state index is 14.3. The first-order valence-corrected chi connectivity index (χ1v) is 9.41. The van der Waals surface area contributed by atoms with Crippen molar-refractivity contribution >= 4 is 46.4 Å². The Hall–Kier alpha value is -2.18. The minimum absolute atomic E-state index is 0.0680. The molecule has 0 bridgehead atoms. The quantitative estimate of drug-likeness (QED) is 0.581. The second kappa shape index (κ2) is 8.01. The molecule has 1 saturated heterocycles. The molecule has 1 aliphatic rings. The molecule has 1 aliphatic heterocycles. The van der Waals surface area contributed by atoms with Crippen LogP contribution in [0.2, 0.25) is 4.34 Å². The van der Waals surface area contributed by atoms with Crippen LogP contribution in [0.1, 0.15) is 22.2 Å². The Morgan fingerprint density at radius 1 is 1.15 bits per heavy atom. The molecule has 1 aromatic heterocycles. The molecule has 1 aromatic carbocycles. The van der Waals surface area contributed by atoms with Gasteiger partial charge in [-0.1, -0.05) is 11.6 Å². The van der Waals surface area contributed by atoms with Crippen molar-refractivity contribution in [2.75, 3.05) is 31.1 Å². The van der Waals surface area contributed by atoms with E-state index in [1.807, 2.05) is 11.0 Å². The van der Waals surface area contributed by atoms with E-state index in [0.29, 0.717) is 41.8 Å². The van der Waals surface area contributed by atoms with Gasteiger partial charge >= 0.3 is 0 Å². The lowest BCUT2D eigenvalue weighted by atomic mass is 10.1. The maximum Gasteiger partial charge on any atom is 0.246 e. The van der Waals surface area contributed by atoms with Gasteiger partial charge in [-0.25, -0.2) is 4.39 Å². The van der Waals surface area contributed by atoms with E-state index in [4.69, 9.17) is 11.6 Å². The zero-order valence-corrected chi connectivity index (χ0v) is 15.8.